The molecule has 0 bridgehead atoms. The van der Waals surface area contributed by atoms with Crippen molar-refractivity contribution in [3.8, 4) is 6.07 Å². The Morgan fingerprint density at radius 1 is 1.50 bits per heavy atom. The summed E-state index contributed by atoms with van der Waals surface area (Å²) in [6, 6.07) is 7.82. The lowest BCUT2D eigenvalue weighted by atomic mass is 10.2. The molecule has 5 nitrogen and oxygen atoms in total. The van der Waals surface area contributed by atoms with E-state index in [1.165, 1.54) is 6.92 Å². The predicted molar refractivity (Wildman–Crippen MR) is 71.2 cm³/mol. The van der Waals surface area contributed by atoms with Crippen LogP contribution >= 0.6 is 12.6 Å². The summed E-state index contributed by atoms with van der Waals surface area (Å²) in [5, 5.41) is 13.8. The molecule has 0 aliphatic heterocycles. The van der Waals surface area contributed by atoms with Crippen LogP contribution in [0.15, 0.2) is 24.3 Å². The fraction of sp³-hybridized carbons (Fsp3) is 0.250. The van der Waals surface area contributed by atoms with E-state index in [0.29, 0.717) is 11.3 Å². The van der Waals surface area contributed by atoms with Gasteiger partial charge < -0.3 is 10.6 Å². The second kappa shape index (κ2) is 6.67. The minimum absolute atomic E-state index is 0.198. The first-order valence-corrected chi connectivity index (χ1v) is 5.89. The third-order valence-corrected chi connectivity index (χ3v) is 2.50. The zero-order valence-electron chi connectivity index (χ0n) is 9.80. The number of hydrogen-bond donors (Lipinski definition) is 3. The van der Waals surface area contributed by atoms with Crippen LogP contribution in [0.5, 0.6) is 0 Å². The smallest absolute Gasteiger partial charge is 0.247 e. The minimum atomic E-state index is -0.698. The van der Waals surface area contributed by atoms with Crippen molar-refractivity contribution in [3.63, 3.8) is 0 Å². The number of hydrogen-bond acceptors (Lipinski definition) is 4. The van der Waals surface area contributed by atoms with Crippen LogP contribution in [0.1, 0.15) is 12.5 Å². The fourth-order valence-corrected chi connectivity index (χ4v) is 1.59. The van der Waals surface area contributed by atoms with Gasteiger partial charge in [0.25, 0.3) is 0 Å². The van der Waals surface area contributed by atoms with Crippen LogP contribution < -0.4 is 10.6 Å². The lowest BCUT2D eigenvalue weighted by Gasteiger charge is -2.15. The molecule has 0 spiro atoms. The molecule has 0 aromatic heterocycles. The lowest BCUT2D eigenvalue weighted by molar-refractivity contribution is -0.124. The largest absolute Gasteiger partial charge is 0.344 e. The van der Waals surface area contributed by atoms with Gasteiger partial charge in [-0.25, -0.2) is 0 Å². The summed E-state index contributed by atoms with van der Waals surface area (Å²) in [5.41, 5.74) is 0.964. The molecule has 0 saturated carbocycles. The van der Waals surface area contributed by atoms with E-state index < -0.39 is 6.04 Å². The molecule has 0 aliphatic carbocycles. The van der Waals surface area contributed by atoms with Crippen molar-refractivity contribution in [2.45, 2.75) is 13.0 Å². The molecule has 0 aliphatic rings. The molecule has 0 fully saturated rings. The van der Waals surface area contributed by atoms with E-state index in [4.69, 9.17) is 5.26 Å². The summed E-state index contributed by atoms with van der Waals surface area (Å²) in [7, 11) is 0. The molecule has 2 amide bonds. The summed E-state index contributed by atoms with van der Waals surface area (Å²) in [4.78, 5) is 22.7. The Bertz CT molecular complexity index is 496. The van der Waals surface area contributed by atoms with Crippen molar-refractivity contribution in [3.05, 3.63) is 29.8 Å². The topological polar surface area (TPSA) is 82.0 Å². The van der Waals surface area contributed by atoms with Crippen molar-refractivity contribution < 1.29 is 9.59 Å². The lowest BCUT2D eigenvalue weighted by Crippen LogP contribution is -2.44. The first-order valence-electron chi connectivity index (χ1n) is 5.26. The number of rotatable bonds is 4. The Balaban J connectivity index is 2.73. The first-order chi connectivity index (χ1) is 8.56. The summed E-state index contributed by atoms with van der Waals surface area (Å²) >= 11 is 4.01. The normalized spacial score (nSPS) is 11.2. The van der Waals surface area contributed by atoms with Gasteiger partial charge in [-0.15, -0.1) is 0 Å². The SMILES string of the molecule is CC(=O)NC(CS)C(=O)Nc1cccc(C#N)c1. The van der Waals surface area contributed by atoms with Crippen LogP contribution in [0.3, 0.4) is 0 Å². The number of nitrogens with zero attached hydrogens (tertiary/aromatic N) is 1. The number of nitriles is 1. The van der Waals surface area contributed by atoms with Crippen molar-refractivity contribution in [2.75, 3.05) is 11.1 Å². The molecule has 1 aromatic carbocycles. The van der Waals surface area contributed by atoms with Crippen molar-refractivity contribution in [2.24, 2.45) is 0 Å². The van der Waals surface area contributed by atoms with Gasteiger partial charge in [-0.2, -0.15) is 17.9 Å². The Hall–Kier alpha value is -2.00. The maximum Gasteiger partial charge on any atom is 0.247 e. The molecular formula is C12H13N3O2S. The molecule has 0 heterocycles. The highest BCUT2D eigenvalue weighted by Crippen LogP contribution is 2.10. The second-order valence-corrected chi connectivity index (χ2v) is 3.98. The highest BCUT2D eigenvalue weighted by Gasteiger charge is 2.17. The Morgan fingerprint density at radius 2 is 2.22 bits per heavy atom. The molecule has 1 unspecified atom stereocenters. The van der Waals surface area contributed by atoms with E-state index in [1.807, 2.05) is 6.07 Å². The third-order valence-electron chi connectivity index (χ3n) is 2.14. The molecule has 1 atom stereocenters. The fourth-order valence-electron chi connectivity index (χ4n) is 1.34. The molecule has 2 N–H and O–H groups in total. The van der Waals surface area contributed by atoms with Crippen LogP contribution in [0.2, 0.25) is 0 Å². The molecule has 1 aromatic rings. The van der Waals surface area contributed by atoms with Crippen LogP contribution in [0, 0.1) is 11.3 Å². The predicted octanol–water partition coefficient (Wildman–Crippen LogP) is 0.931. The van der Waals surface area contributed by atoms with E-state index in [9.17, 15) is 9.59 Å². The standard InChI is InChI=1S/C12H13N3O2S/c1-8(16)14-11(7-18)12(17)15-10-4-2-3-9(5-10)6-13/h2-5,11,18H,7H2,1H3,(H,14,16)(H,15,17). The molecule has 0 saturated heterocycles. The highest BCUT2D eigenvalue weighted by atomic mass is 32.1. The van der Waals surface area contributed by atoms with E-state index in [2.05, 4.69) is 23.3 Å². The van der Waals surface area contributed by atoms with Gasteiger partial charge in [0.2, 0.25) is 11.8 Å². The molecule has 94 valence electrons. The average molecular weight is 263 g/mol. The van der Waals surface area contributed by atoms with Gasteiger partial charge in [-0.05, 0) is 18.2 Å². The quantitative estimate of drug-likeness (QED) is 0.707. The number of benzene rings is 1. The number of carbonyl (C=O) groups is 2. The molecule has 1 rings (SSSR count). The van der Waals surface area contributed by atoms with Gasteiger partial charge in [0.05, 0.1) is 11.6 Å². The van der Waals surface area contributed by atoms with Gasteiger partial charge in [0.15, 0.2) is 0 Å². The third kappa shape index (κ3) is 4.11. The number of carbonyl (C=O) groups excluding carboxylic acids is 2. The van der Waals surface area contributed by atoms with E-state index in [0.717, 1.165) is 0 Å². The Morgan fingerprint density at radius 3 is 2.78 bits per heavy atom. The summed E-state index contributed by atoms with van der Waals surface area (Å²) in [5.74, 6) is -0.464. The monoisotopic (exact) mass is 263 g/mol. The van der Waals surface area contributed by atoms with E-state index in [1.54, 1.807) is 24.3 Å². The number of thiol groups is 1. The number of anilines is 1. The first kappa shape index (κ1) is 14.1. The van der Waals surface area contributed by atoms with Crippen LogP contribution in [-0.2, 0) is 9.59 Å². The van der Waals surface area contributed by atoms with Crippen LogP contribution in [-0.4, -0.2) is 23.6 Å². The van der Waals surface area contributed by atoms with Crippen LogP contribution in [0.4, 0.5) is 5.69 Å². The maximum absolute atomic E-state index is 11.8. The summed E-state index contributed by atoms with van der Waals surface area (Å²) in [6.07, 6.45) is 0. The van der Waals surface area contributed by atoms with Gasteiger partial charge in [0, 0.05) is 18.4 Å². The van der Waals surface area contributed by atoms with Gasteiger partial charge >= 0.3 is 0 Å². The zero-order chi connectivity index (χ0) is 13.5. The van der Waals surface area contributed by atoms with Crippen LogP contribution in [0.25, 0.3) is 0 Å². The minimum Gasteiger partial charge on any atom is -0.344 e. The number of amides is 2. The zero-order valence-corrected chi connectivity index (χ0v) is 10.7. The second-order valence-electron chi connectivity index (χ2n) is 3.62. The number of nitrogens with one attached hydrogen (secondary N) is 2. The Labute approximate surface area is 111 Å². The summed E-state index contributed by atoms with van der Waals surface area (Å²) in [6.45, 7) is 1.33. The van der Waals surface area contributed by atoms with Gasteiger partial charge in [-0.1, -0.05) is 6.07 Å². The van der Waals surface area contributed by atoms with Gasteiger partial charge in [0.1, 0.15) is 6.04 Å². The van der Waals surface area contributed by atoms with E-state index in [-0.39, 0.29) is 17.6 Å². The molecule has 18 heavy (non-hydrogen) atoms. The molecule has 0 radical (unpaired) electrons. The van der Waals surface area contributed by atoms with E-state index >= 15 is 0 Å². The highest BCUT2D eigenvalue weighted by molar-refractivity contribution is 7.80. The van der Waals surface area contributed by atoms with Gasteiger partial charge in [-0.3, -0.25) is 9.59 Å². The van der Waals surface area contributed by atoms with Crippen molar-refractivity contribution >= 4 is 30.1 Å². The van der Waals surface area contributed by atoms with Crippen molar-refractivity contribution in [1.82, 2.24) is 5.32 Å². The van der Waals surface area contributed by atoms with Crippen molar-refractivity contribution in [1.29, 1.82) is 5.26 Å². The maximum atomic E-state index is 11.8. The summed E-state index contributed by atoms with van der Waals surface area (Å²) < 4.78 is 0. The Kier molecular flexibility index (Phi) is 5.21. The molecule has 6 heteroatoms. The molecular weight excluding hydrogens is 250 g/mol. The average Bonchev–Trinajstić information content (AvgIpc) is 2.35.